The Hall–Kier alpha value is -2.99. The number of para-hydroxylation sites is 1. The molecule has 0 aliphatic rings. The van der Waals surface area contributed by atoms with Crippen LogP contribution in [0.3, 0.4) is 0 Å². The summed E-state index contributed by atoms with van der Waals surface area (Å²) in [4.78, 5) is 18.6. The molecular weight excluding hydrogens is 350 g/mol. The molecule has 0 spiro atoms. The molecule has 0 fully saturated rings. The Morgan fingerprint density at radius 2 is 1.82 bits per heavy atom. The van der Waals surface area contributed by atoms with Crippen LogP contribution < -0.4 is 5.32 Å². The van der Waals surface area contributed by atoms with Crippen molar-refractivity contribution >= 4 is 11.6 Å². The number of amides is 1. The number of rotatable bonds is 7. The van der Waals surface area contributed by atoms with Gasteiger partial charge >= 0.3 is 0 Å². The monoisotopic (exact) mass is 377 g/mol. The molecule has 146 valence electrons. The molecule has 0 aliphatic heterocycles. The number of likely N-dealkylation sites (N-methyl/N-ethyl adjacent to an activating group) is 1. The zero-order valence-electron chi connectivity index (χ0n) is 16.8. The summed E-state index contributed by atoms with van der Waals surface area (Å²) in [7, 11) is 1.96. The fourth-order valence-corrected chi connectivity index (χ4v) is 3.17. The summed E-state index contributed by atoms with van der Waals surface area (Å²) < 4.78 is 1.72. The molecular formula is C22H27N5O. The molecule has 1 N–H and O–H groups in total. The lowest BCUT2D eigenvalue weighted by Crippen LogP contribution is -2.32. The molecule has 6 heteroatoms. The van der Waals surface area contributed by atoms with Crippen molar-refractivity contribution in [1.82, 2.24) is 19.7 Å². The van der Waals surface area contributed by atoms with E-state index in [0.717, 1.165) is 22.5 Å². The SMILES string of the molecule is CC(C)c1ccccc1NC(=O)CN(C)[C@@H](C)c1ccc(-n2cncn2)cc1. The Labute approximate surface area is 166 Å². The van der Waals surface area contributed by atoms with Gasteiger partial charge in [0, 0.05) is 11.7 Å². The first kappa shape index (κ1) is 19.8. The first-order valence-electron chi connectivity index (χ1n) is 9.49. The third-order valence-electron chi connectivity index (χ3n) is 4.97. The number of nitrogens with zero attached hydrogens (tertiary/aromatic N) is 4. The maximum absolute atomic E-state index is 12.6. The molecule has 2 aromatic carbocycles. The number of hydrogen-bond donors (Lipinski definition) is 1. The summed E-state index contributed by atoms with van der Waals surface area (Å²) >= 11 is 0. The van der Waals surface area contributed by atoms with Crippen LogP contribution in [-0.4, -0.2) is 39.2 Å². The molecule has 0 radical (unpaired) electrons. The predicted molar refractivity (Wildman–Crippen MR) is 112 cm³/mol. The molecule has 1 heterocycles. The summed E-state index contributed by atoms with van der Waals surface area (Å²) in [5.41, 5.74) is 4.14. The third-order valence-corrected chi connectivity index (χ3v) is 4.97. The van der Waals surface area contributed by atoms with E-state index in [2.05, 4.69) is 54.4 Å². The Kier molecular flexibility index (Phi) is 6.21. The van der Waals surface area contributed by atoms with E-state index in [4.69, 9.17) is 0 Å². The van der Waals surface area contributed by atoms with Crippen molar-refractivity contribution in [3.8, 4) is 5.69 Å². The topological polar surface area (TPSA) is 63.1 Å². The fraction of sp³-hybridized carbons (Fsp3) is 0.318. The van der Waals surface area contributed by atoms with E-state index in [9.17, 15) is 4.79 Å². The standard InChI is InChI=1S/C22H27N5O/c1-16(2)20-7-5-6-8-21(20)25-22(28)13-26(4)17(3)18-9-11-19(12-10-18)27-15-23-14-24-27/h5-12,14-17H,13H2,1-4H3,(H,25,28)/t17-/m0/s1. The number of benzene rings is 2. The van der Waals surface area contributed by atoms with Gasteiger partial charge in [-0.25, -0.2) is 9.67 Å². The molecule has 0 unspecified atom stereocenters. The lowest BCUT2D eigenvalue weighted by atomic mass is 10.0. The number of carbonyl (C=O) groups is 1. The lowest BCUT2D eigenvalue weighted by Gasteiger charge is -2.25. The van der Waals surface area contributed by atoms with Crippen LogP contribution in [0.1, 0.15) is 43.9 Å². The summed E-state index contributed by atoms with van der Waals surface area (Å²) in [6.45, 7) is 6.67. The second-order valence-corrected chi connectivity index (χ2v) is 7.31. The van der Waals surface area contributed by atoms with Crippen LogP contribution in [0.5, 0.6) is 0 Å². The Balaban J connectivity index is 1.62. The highest BCUT2D eigenvalue weighted by Crippen LogP contribution is 2.24. The van der Waals surface area contributed by atoms with Crippen molar-refractivity contribution in [2.75, 3.05) is 18.9 Å². The van der Waals surface area contributed by atoms with Crippen molar-refractivity contribution in [3.63, 3.8) is 0 Å². The highest BCUT2D eigenvalue weighted by molar-refractivity contribution is 5.93. The van der Waals surface area contributed by atoms with Gasteiger partial charge in [0.25, 0.3) is 0 Å². The number of carbonyl (C=O) groups excluding carboxylic acids is 1. The predicted octanol–water partition coefficient (Wildman–Crippen LogP) is 4.02. The van der Waals surface area contributed by atoms with Crippen LogP contribution in [0.25, 0.3) is 5.69 Å². The molecule has 3 rings (SSSR count). The number of nitrogens with one attached hydrogen (secondary N) is 1. The van der Waals surface area contributed by atoms with Gasteiger partial charge in [-0.3, -0.25) is 9.69 Å². The van der Waals surface area contributed by atoms with E-state index < -0.39 is 0 Å². The molecule has 0 aliphatic carbocycles. The maximum atomic E-state index is 12.6. The van der Waals surface area contributed by atoms with Gasteiger partial charge in [-0.15, -0.1) is 0 Å². The molecule has 1 aromatic heterocycles. The molecule has 0 saturated heterocycles. The van der Waals surface area contributed by atoms with Gasteiger partial charge < -0.3 is 5.32 Å². The minimum Gasteiger partial charge on any atom is -0.325 e. The van der Waals surface area contributed by atoms with Gasteiger partial charge in [0.1, 0.15) is 12.7 Å². The summed E-state index contributed by atoms with van der Waals surface area (Å²) in [6, 6.07) is 16.2. The van der Waals surface area contributed by atoms with Crippen molar-refractivity contribution in [2.24, 2.45) is 0 Å². The lowest BCUT2D eigenvalue weighted by molar-refractivity contribution is -0.117. The molecule has 6 nitrogen and oxygen atoms in total. The third kappa shape index (κ3) is 4.64. The van der Waals surface area contributed by atoms with Gasteiger partial charge in [0.05, 0.1) is 12.2 Å². The molecule has 3 aromatic rings. The first-order chi connectivity index (χ1) is 13.5. The summed E-state index contributed by atoms with van der Waals surface area (Å²) in [5.74, 6) is 0.346. The first-order valence-corrected chi connectivity index (χ1v) is 9.49. The van der Waals surface area contributed by atoms with Crippen LogP contribution in [0, 0.1) is 0 Å². The summed E-state index contributed by atoms with van der Waals surface area (Å²) in [6.07, 6.45) is 3.18. The Morgan fingerprint density at radius 1 is 1.11 bits per heavy atom. The Morgan fingerprint density at radius 3 is 2.46 bits per heavy atom. The van der Waals surface area contributed by atoms with Gasteiger partial charge in [-0.05, 0) is 49.2 Å². The van der Waals surface area contributed by atoms with Crippen LogP contribution in [-0.2, 0) is 4.79 Å². The van der Waals surface area contributed by atoms with Crippen LogP contribution in [0.4, 0.5) is 5.69 Å². The van der Waals surface area contributed by atoms with E-state index in [1.807, 2.05) is 42.3 Å². The number of hydrogen-bond acceptors (Lipinski definition) is 4. The average molecular weight is 377 g/mol. The minimum absolute atomic E-state index is 0.0123. The maximum Gasteiger partial charge on any atom is 0.238 e. The van der Waals surface area contributed by atoms with Crippen molar-refractivity contribution in [2.45, 2.75) is 32.7 Å². The largest absolute Gasteiger partial charge is 0.325 e. The number of aromatic nitrogens is 3. The molecule has 28 heavy (non-hydrogen) atoms. The number of anilines is 1. The molecule has 1 amide bonds. The van der Waals surface area contributed by atoms with Crippen molar-refractivity contribution in [3.05, 3.63) is 72.3 Å². The van der Waals surface area contributed by atoms with Gasteiger partial charge in [-0.1, -0.05) is 44.2 Å². The fourth-order valence-electron chi connectivity index (χ4n) is 3.17. The van der Waals surface area contributed by atoms with Crippen molar-refractivity contribution in [1.29, 1.82) is 0 Å². The van der Waals surface area contributed by atoms with Crippen LogP contribution in [0.2, 0.25) is 0 Å². The highest BCUT2D eigenvalue weighted by Gasteiger charge is 2.16. The molecule has 0 bridgehead atoms. The van der Waals surface area contributed by atoms with Gasteiger partial charge in [0.2, 0.25) is 5.91 Å². The van der Waals surface area contributed by atoms with Crippen LogP contribution >= 0.6 is 0 Å². The van der Waals surface area contributed by atoms with Crippen molar-refractivity contribution < 1.29 is 4.79 Å². The Bertz CT molecular complexity index is 903. The zero-order valence-corrected chi connectivity index (χ0v) is 16.8. The van der Waals surface area contributed by atoms with Gasteiger partial charge in [0.15, 0.2) is 0 Å². The smallest absolute Gasteiger partial charge is 0.238 e. The normalized spacial score (nSPS) is 12.4. The van der Waals surface area contributed by atoms with E-state index in [1.165, 1.54) is 6.33 Å². The van der Waals surface area contributed by atoms with Gasteiger partial charge in [-0.2, -0.15) is 5.10 Å². The van der Waals surface area contributed by atoms with E-state index >= 15 is 0 Å². The van der Waals surface area contributed by atoms with Crippen LogP contribution in [0.15, 0.2) is 61.2 Å². The van der Waals surface area contributed by atoms with E-state index in [-0.39, 0.29) is 11.9 Å². The van der Waals surface area contributed by atoms with E-state index in [1.54, 1.807) is 11.0 Å². The minimum atomic E-state index is -0.0123. The average Bonchev–Trinajstić information content (AvgIpc) is 3.22. The zero-order chi connectivity index (χ0) is 20.1. The quantitative estimate of drug-likeness (QED) is 0.675. The second kappa shape index (κ2) is 8.80. The molecule has 1 atom stereocenters. The second-order valence-electron chi connectivity index (χ2n) is 7.31. The highest BCUT2D eigenvalue weighted by atomic mass is 16.2. The van der Waals surface area contributed by atoms with E-state index in [0.29, 0.717) is 12.5 Å². The summed E-state index contributed by atoms with van der Waals surface area (Å²) in [5, 5.41) is 7.19. The molecule has 0 saturated carbocycles.